The second kappa shape index (κ2) is 4.59. The molecule has 0 atom stereocenters. The van der Waals surface area contributed by atoms with Crippen LogP contribution in [0.2, 0.25) is 0 Å². The van der Waals surface area contributed by atoms with Crippen molar-refractivity contribution in [2.24, 2.45) is 7.05 Å². The molecule has 0 fully saturated rings. The van der Waals surface area contributed by atoms with E-state index in [2.05, 4.69) is 25.9 Å². The van der Waals surface area contributed by atoms with Crippen molar-refractivity contribution in [3.63, 3.8) is 0 Å². The number of nitrogens with zero attached hydrogens (tertiary/aromatic N) is 3. The summed E-state index contributed by atoms with van der Waals surface area (Å²) in [4.78, 5) is 20.8. The molecule has 0 radical (unpaired) electrons. The summed E-state index contributed by atoms with van der Waals surface area (Å²) in [6.45, 7) is 0. The number of fused-ring (bicyclic) bond motifs is 1. The molecule has 4 nitrogen and oxygen atoms in total. The minimum absolute atomic E-state index is 0.0430. The SMILES string of the molecule is Cn1cc(C(=O)c2cccnc2)c2cc(Br)cnc21. The van der Waals surface area contributed by atoms with E-state index in [4.69, 9.17) is 0 Å². The minimum atomic E-state index is -0.0430. The molecule has 0 bridgehead atoms. The van der Waals surface area contributed by atoms with Crippen molar-refractivity contribution in [3.05, 3.63) is 58.6 Å². The van der Waals surface area contributed by atoms with E-state index in [1.54, 1.807) is 36.9 Å². The smallest absolute Gasteiger partial charge is 0.196 e. The Balaban J connectivity index is 2.21. The number of halogens is 1. The minimum Gasteiger partial charge on any atom is -0.335 e. The van der Waals surface area contributed by atoms with E-state index in [0.29, 0.717) is 11.1 Å². The van der Waals surface area contributed by atoms with Crippen LogP contribution in [-0.2, 0) is 7.05 Å². The Morgan fingerprint density at radius 1 is 1.37 bits per heavy atom. The van der Waals surface area contributed by atoms with Gasteiger partial charge in [-0.3, -0.25) is 9.78 Å². The predicted octanol–water partition coefficient (Wildman–Crippen LogP) is 2.96. The number of carbonyl (C=O) groups is 1. The standard InChI is InChI=1S/C14H10BrN3O/c1-18-8-12(11-5-10(15)7-17-14(11)18)13(19)9-3-2-4-16-6-9/h2-8H,1H3. The Labute approximate surface area is 118 Å². The third-order valence-corrected chi connectivity index (χ3v) is 3.38. The van der Waals surface area contributed by atoms with Crippen LogP contribution in [0.4, 0.5) is 0 Å². The van der Waals surface area contributed by atoms with Gasteiger partial charge >= 0.3 is 0 Å². The molecule has 3 aromatic heterocycles. The lowest BCUT2D eigenvalue weighted by molar-refractivity contribution is 0.104. The van der Waals surface area contributed by atoms with Gasteiger partial charge in [-0.15, -0.1) is 0 Å². The highest BCUT2D eigenvalue weighted by atomic mass is 79.9. The molecule has 3 rings (SSSR count). The lowest BCUT2D eigenvalue weighted by Crippen LogP contribution is -2.00. The molecular formula is C14H10BrN3O. The first-order valence-corrected chi connectivity index (χ1v) is 6.51. The van der Waals surface area contributed by atoms with Crippen LogP contribution in [0.15, 0.2) is 47.5 Å². The number of pyridine rings is 2. The number of ketones is 1. The Bertz CT molecular complexity index is 765. The van der Waals surface area contributed by atoms with Crippen LogP contribution in [0.3, 0.4) is 0 Å². The fourth-order valence-corrected chi connectivity index (χ4v) is 2.40. The summed E-state index contributed by atoms with van der Waals surface area (Å²) < 4.78 is 2.71. The highest BCUT2D eigenvalue weighted by Crippen LogP contribution is 2.24. The lowest BCUT2D eigenvalue weighted by Gasteiger charge is -1.98. The van der Waals surface area contributed by atoms with Crippen LogP contribution < -0.4 is 0 Å². The highest BCUT2D eigenvalue weighted by Gasteiger charge is 2.16. The van der Waals surface area contributed by atoms with Crippen molar-refractivity contribution in [2.75, 3.05) is 0 Å². The fourth-order valence-electron chi connectivity index (χ4n) is 2.07. The average molecular weight is 316 g/mol. The summed E-state index contributed by atoms with van der Waals surface area (Å²) in [5.74, 6) is -0.0430. The van der Waals surface area contributed by atoms with E-state index in [1.807, 2.05) is 17.7 Å². The van der Waals surface area contributed by atoms with Crippen LogP contribution in [-0.4, -0.2) is 20.3 Å². The van der Waals surface area contributed by atoms with E-state index < -0.39 is 0 Å². The van der Waals surface area contributed by atoms with Gasteiger partial charge in [0.1, 0.15) is 5.65 Å². The molecule has 0 aliphatic rings. The van der Waals surface area contributed by atoms with Crippen LogP contribution in [0.1, 0.15) is 15.9 Å². The lowest BCUT2D eigenvalue weighted by atomic mass is 10.1. The molecule has 0 saturated carbocycles. The first-order chi connectivity index (χ1) is 9.16. The molecule has 0 unspecified atom stereocenters. The summed E-state index contributed by atoms with van der Waals surface area (Å²) in [6, 6.07) is 5.43. The van der Waals surface area contributed by atoms with Crippen molar-refractivity contribution in [1.82, 2.24) is 14.5 Å². The third-order valence-electron chi connectivity index (χ3n) is 2.95. The number of hydrogen-bond donors (Lipinski definition) is 0. The Morgan fingerprint density at radius 2 is 2.21 bits per heavy atom. The topological polar surface area (TPSA) is 47.8 Å². The maximum Gasteiger partial charge on any atom is 0.196 e. The molecule has 3 heterocycles. The highest BCUT2D eigenvalue weighted by molar-refractivity contribution is 9.10. The summed E-state index contributed by atoms with van der Waals surface area (Å²) in [6.07, 6.45) is 6.75. The molecule has 0 amide bonds. The Morgan fingerprint density at radius 3 is 2.95 bits per heavy atom. The first kappa shape index (κ1) is 12.0. The van der Waals surface area contributed by atoms with E-state index in [0.717, 1.165) is 15.5 Å². The van der Waals surface area contributed by atoms with Crippen LogP contribution in [0.5, 0.6) is 0 Å². The third kappa shape index (κ3) is 2.06. The second-order valence-corrected chi connectivity index (χ2v) is 5.16. The van der Waals surface area contributed by atoms with Gasteiger partial charge in [0.2, 0.25) is 0 Å². The molecule has 94 valence electrons. The van der Waals surface area contributed by atoms with E-state index in [9.17, 15) is 4.79 Å². The van der Waals surface area contributed by atoms with Crippen molar-refractivity contribution in [3.8, 4) is 0 Å². The fraction of sp³-hybridized carbons (Fsp3) is 0.0714. The van der Waals surface area contributed by atoms with Gasteiger partial charge in [-0.05, 0) is 34.1 Å². The first-order valence-electron chi connectivity index (χ1n) is 5.72. The van der Waals surface area contributed by atoms with Crippen LogP contribution in [0, 0.1) is 0 Å². The normalized spacial score (nSPS) is 10.8. The van der Waals surface area contributed by atoms with Gasteiger partial charge in [0.25, 0.3) is 0 Å². The molecule has 0 saturated heterocycles. The summed E-state index contributed by atoms with van der Waals surface area (Å²) in [5.41, 5.74) is 2.00. The van der Waals surface area contributed by atoms with Crippen molar-refractivity contribution in [1.29, 1.82) is 0 Å². The monoisotopic (exact) mass is 315 g/mol. The van der Waals surface area contributed by atoms with Gasteiger partial charge in [0, 0.05) is 52.8 Å². The van der Waals surface area contributed by atoms with Gasteiger partial charge < -0.3 is 4.57 Å². The Kier molecular flexibility index (Phi) is 2.91. The quantitative estimate of drug-likeness (QED) is 0.683. The molecule has 0 spiro atoms. The van der Waals surface area contributed by atoms with Gasteiger partial charge in [-0.25, -0.2) is 4.98 Å². The van der Waals surface area contributed by atoms with Gasteiger partial charge in [-0.2, -0.15) is 0 Å². The predicted molar refractivity (Wildman–Crippen MR) is 76.1 cm³/mol. The maximum absolute atomic E-state index is 12.5. The largest absolute Gasteiger partial charge is 0.335 e. The average Bonchev–Trinajstić information content (AvgIpc) is 2.75. The zero-order chi connectivity index (χ0) is 13.4. The zero-order valence-electron chi connectivity index (χ0n) is 10.2. The van der Waals surface area contributed by atoms with E-state index in [-0.39, 0.29) is 5.78 Å². The zero-order valence-corrected chi connectivity index (χ0v) is 11.8. The second-order valence-electron chi connectivity index (χ2n) is 4.25. The molecule has 0 N–H and O–H groups in total. The summed E-state index contributed by atoms with van der Waals surface area (Å²) in [7, 11) is 1.88. The molecule has 5 heteroatoms. The van der Waals surface area contributed by atoms with Crippen molar-refractivity contribution < 1.29 is 4.79 Å². The van der Waals surface area contributed by atoms with Crippen LogP contribution in [0.25, 0.3) is 11.0 Å². The van der Waals surface area contributed by atoms with Crippen molar-refractivity contribution in [2.45, 2.75) is 0 Å². The maximum atomic E-state index is 12.5. The molecule has 19 heavy (non-hydrogen) atoms. The number of aromatic nitrogens is 3. The van der Waals surface area contributed by atoms with E-state index in [1.165, 1.54) is 0 Å². The molecular weight excluding hydrogens is 306 g/mol. The number of rotatable bonds is 2. The van der Waals surface area contributed by atoms with Crippen molar-refractivity contribution >= 4 is 32.7 Å². The number of hydrogen-bond acceptors (Lipinski definition) is 3. The molecule has 3 aromatic rings. The molecule has 0 aromatic carbocycles. The number of aryl methyl sites for hydroxylation is 1. The van der Waals surface area contributed by atoms with Gasteiger partial charge in [0.05, 0.1) is 0 Å². The Hall–Kier alpha value is -2.01. The van der Waals surface area contributed by atoms with Gasteiger partial charge in [0.15, 0.2) is 5.78 Å². The van der Waals surface area contributed by atoms with Crippen LogP contribution >= 0.6 is 15.9 Å². The van der Waals surface area contributed by atoms with Gasteiger partial charge in [-0.1, -0.05) is 0 Å². The summed E-state index contributed by atoms with van der Waals surface area (Å²) >= 11 is 3.39. The number of carbonyl (C=O) groups excluding carboxylic acids is 1. The van der Waals surface area contributed by atoms with E-state index >= 15 is 0 Å². The molecule has 0 aliphatic heterocycles. The molecule has 0 aliphatic carbocycles. The summed E-state index contributed by atoms with van der Waals surface area (Å²) in [5, 5.41) is 0.839.